The highest BCUT2D eigenvalue weighted by atomic mass is 35.5. The van der Waals surface area contributed by atoms with Crippen molar-refractivity contribution in [2.24, 2.45) is 23.0 Å². The number of nitrogens with two attached hydrogens (primary N) is 1. The number of primary amides is 1. The van der Waals surface area contributed by atoms with Crippen LogP contribution in [0.4, 0.5) is 0 Å². The Morgan fingerprint density at radius 3 is 2.08 bits per heavy atom. The van der Waals surface area contributed by atoms with Gasteiger partial charge in [0.25, 0.3) is 0 Å². The van der Waals surface area contributed by atoms with E-state index >= 15 is 0 Å². The molecule has 2 N–H and O–H groups in total. The summed E-state index contributed by atoms with van der Waals surface area (Å²) in [5.41, 5.74) is 5.49. The SMILES string of the molecule is CC1CCC(N(C(=O)C(C)(C)C(N)=O)[C@H]2CCN(C(=O)[C@@H]3CN(C(C)(C)C)C[C@H]3c3ccc(Cl)cc3)C2)CC1. The summed E-state index contributed by atoms with van der Waals surface area (Å²) in [5.74, 6) is -0.0884. The van der Waals surface area contributed by atoms with Gasteiger partial charge in [0.15, 0.2) is 0 Å². The summed E-state index contributed by atoms with van der Waals surface area (Å²) in [4.78, 5) is 46.5. The fraction of sp³-hybridized carbons (Fsp3) is 0.710. The summed E-state index contributed by atoms with van der Waals surface area (Å²) in [5, 5.41) is 0.690. The first-order valence-electron chi connectivity index (χ1n) is 14.6. The highest BCUT2D eigenvalue weighted by molar-refractivity contribution is 6.30. The molecule has 7 nitrogen and oxygen atoms in total. The number of carbonyl (C=O) groups excluding carboxylic acids is 3. The van der Waals surface area contributed by atoms with E-state index in [1.807, 2.05) is 34.1 Å². The fourth-order valence-corrected chi connectivity index (χ4v) is 6.76. The summed E-state index contributed by atoms with van der Waals surface area (Å²) < 4.78 is 0. The molecule has 0 bridgehead atoms. The molecule has 3 amide bonds. The number of halogens is 1. The van der Waals surface area contributed by atoms with Crippen LogP contribution in [0.15, 0.2) is 24.3 Å². The molecule has 1 aromatic rings. The number of likely N-dealkylation sites (tertiary alicyclic amines) is 2. The van der Waals surface area contributed by atoms with Gasteiger partial charge in [-0.25, -0.2) is 0 Å². The highest BCUT2D eigenvalue weighted by Crippen LogP contribution is 2.39. The lowest BCUT2D eigenvalue weighted by Crippen LogP contribution is -2.56. The van der Waals surface area contributed by atoms with Crippen LogP contribution in [0.25, 0.3) is 0 Å². The first kappa shape index (κ1) is 29.9. The molecule has 39 heavy (non-hydrogen) atoms. The van der Waals surface area contributed by atoms with Gasteiger partial charge in [-0.15, -0.1) is 0 Å². The fourth-order valence-electron chi connectivity index (χ4n) is 6.63. The molecule has 1 saturated carbocycles. The molecule has 0 aromatic heterocycles. The Morgan fingerprint density at radius 2 is 1.51 bits per heavy atom. The lowest BCUT2D eigenvalue weighted by Gasteiger charge is -2.42. The first-order chi connectivity index (χ1) is 18.2. The second-order valence-electron chi connectivity index (χ2n) is 13.7. The van der Waals surface area contributed by atoms with E-state index in [0.29, 0.717) is 30.6 Å². The lowest BCUT2D eigenvalue weighted by molar-refractivity contribution is -0.152. The van der Waals surface area contributed by atoms with E-state index in [1.54, 1.807) is 13.8 Å². The van der Waals surface area contributed by atoms with Gasteiger partial charge in [0.05, 0.1) is 12.0 Å². The zero-order chi connectivity index (χ0) is 28.7. The predicted molar refractivity (Wildman–Crippen MR) is 155 cm³/mol. The van der Waals surface area contributed by atoms with Crippen molar-refractivity contribution < 1.29 is 14.4 Å². The van der Waals surface area contributed by atoms with Crippen molar-refractivity contribution in [2.45, 2.75) is 97.2 Å². The molecule has 1 aliphatic carbocycles. The van der Waals surface area contributed by atoms with Crippen LogP contribution >= 0.6 is 11.6 Å². The van der Waals surface area contributed by atoms with E-state index in [9.17, 15) is 14.4 Å². The molecule has 3 fully saturated rings. The topological polar surface area (TPSA) is 87.0 Å². The van der Waals surface area contributed by atoms with E-state index < -0.39 is 11.3 Å². The van der Waals surface area contributed by atoms with Crippen LogP contribution in [0.2, 0.25) is 5.02 Å². The van der Waals surface area contributed by atoms with Crippen molar-refractivity contribution in [1.29, 1.82) is 0 Å². The summed E-state index contributed by atoms with van der Waals surface area (Å²) in [6.45, 7) is 14.7. The van der Waals surface area contributed by atoms with Crippen LogP contribution in [0, 0.1) is 17.3 Å². The van der Waals surface area contributed by atoms with Gasteiger partial charge in [0.1, 0.15) is 5.41 Å². The van der Waals surface area contributed by atoms with E-state index in [-0.39, 0.29) is 41.3 Å². The standard InChI is InChI=1S/C31H47ClN4O3/c1-20-7-13-23(14-8-20)36(29(39)31(5,6)28(33)38)24-15-16-34(17-24)27(37)26-19-35(30(2,3)4)18-25(26)21-9-11-22(32)12-10-21/h9-12,20,23-26H,7-8,13-19H2,1-6H3,(H2,33,38)/t20?,23?,24-,25-,26+/m0/s1. The maximum Gasteiger partial charge on any atom is 0.238 e. The number of carbonyl (C=O) groups is 3. The Labute approximate surface area is 239 Å². The Bertz CT molecular complexity index is 1060. The van der Waals surface area contributed by atoms with Crippen molar-refractivity contribution >= 4 is 29.3 Å². The third kappa shape index (κ3) is 6.30. The maximum atomic E-state index is 14.1. The molecule has 3 aliphatic rings. The van der Waals surface area contributed by atoms with Crippen molar-refractivity contribution in [3.8, 4) is 0 Å². The number of rotatable bonds is 6. The van der Waals surface area contributed by atoms with Gasteiger partial charge in [-0.05, 0) is 90.3 Å². The van der Waals surface area contributed by atoms with Crippen LogP contribution in [0.3, 0.4) is 0 Å². The molecule has 4 rings (SSSR count). The summed E-state index contributed by atoms with van der Waals surface area (Å²) >= 11 is 6.17. The zero-order valence-corrected chi connectivity index (χ0v) is 25.3. The highest BCUT2D eigenvalue weighted by Gasteiger charge is 2.48. The van der Waals surface area contributed by atoms with Crippen molar-refractivity contribution in [3.63, 3.8) is 0 Å². The molecule has 0 radical (unpaired) electrons. The van der Waals surface area contributed by atoms with Crippen LogP contribution in [-0.2, 0) is 14.4 Å². The van der Waals surface area contributed by atoms with Crippen molar-refractivity contribution in [2.75, 3.05) is 26.2 Å². The van der Waals surface area contributed by atoms with E-state index in [1.165, 1.54) is 0 Å². The smallest absolute Gasteiger partial charge is 0.238 e. The molecule has 2 aliphatic heterocycles. The van der Waals surface area contributed by atoms with Crippen LogP contribution < -0.4 is 5.73 Å². The number of nitrogens with zero attached hydrogens (tertiary/aromatic N) is 3. The average Bonchev–Trinajstić information content (AvgIpc) is 3.53. The molecule has 0 spiro atoms. The lowest BCUT2D eigenvalue weighted by atomic mass is 9.83. The quantitative estimate of drug-likeness (QED) is 0.514. The third-order valence-corrected chi connectivity index (χ3v) is 9.77. The summed E-state index contributed by atoms with van der Waals surface area (Å²) in [6, 6.07) is 7.87. The second kappa shape index (κ2) is 11.4. The van der Waals surface area contributed by atoms with Gasteiger partial charge in [-0.3, -0.25) is 19.3 Å². The van der Waals surface area contributed by atoms with Gasteiger partial charge in [-0.1, -0.05) is 30.7 Å². The monoisotopic (exact) mass is 558 g/mol. The number of hydrogen-bond acceptors (Lipinski definition) is 4. The van der Waals surface area contributed by atoms with Crippen LogP contribution in [0.1, 0.15) is 85.1 Å². The molecule has 2 saturated heterocycles. The Balaban J connectivity index is 1.56. The maximum absolute atomic E-state index is 14.1. The largest absolute Gasteiger partial charge is 0.369 e. The van der Waals surface area contributed by atoms with Gasteiger partial charge < -0.3 is 15.5 Å². The van der Waals surface area contributed by atoms with E-state index in [4.69, 9.17) is 17.3 Å². The van der Waals surface area contributed by atoms with Crippen molar-refractivity contribution in [1.82, 2.24) is 14.7 Å². The van der Waals surface area contributed by atoms with Crippen molar-refractivity contribution in [3.05, 3.63) is 34.9 Å². The minimum Gasteiger partial charge on any atom is -0.369 e. The van der Waals surface area contributed by atoms with Gasteiger partial charge >= 0.3 is 0 Å². The Morgan fingerprint density at radius 1 is 0.897 bits per heavy atom. The number of benzene rings is 1. The molecule has 0 unspecified atom stereocenters. The summed E-state index contributed by atoms with van der Waals surface area (Å²) in [6.07, 6.45) is 4.70. The average molecular weight is 559 g/mol. The second-order valence-corrected chi connectivity index (χ2v) is 14.1. The summed E-state index contributed by atoms with van der Waals surface area (Å²) in [7, 11) is 0. The van der Waals surface area contributed by atoms with E-state index in [0.717, 1.165) is 44.2 Å². The van der Waals surface area contributed by atoms with E-state index in [2.05, 4.69) is 32.6 Å². The Kier molecular flexibility index (Phi) is 8.73. The minimum absolute atomic E-state index is 0.0467. The number of amides is 3. The molecule has 2 heterocycles. The number of hydrogen-bond donors (Lipinski definition) is 1. The Hall–Kier alpha value is -2.12. The molecule has 3 atom stereocenters. The van der Waals surface area contributed by atoms with Gasteiger partial charge in [0, 0.05) is 48.7 Å². The van der Waals surface area contributed by atoms with Gasteiger partial charge in [-0.2, -0.15) is 0 Å². The zero-order valence-electron chi connectivity index (χ0n) is 24.6. The molecule has 216 valence electrons. The predicted octanol–water partition coefficient (Wildman–Crippen LogP) is 4.67. The molecule has 1 aromatic carbocycles. The third-order valence-electron chi connectivity index (χ3n) is 9.52. The molecular weight excluding hydrogens is 512 g/mol. The molecular formula is C31H47ClN4O3. The van der Waals surface area contributed by atoms with Crippen LogP contribution in [-0.4, -0.2) is 76.2 Å². The van der Waals surface area contributed by atoms with Crippen LogP contribution in [0.5, 0.6) is 0 Å². The van der Waals surface area contributed by atoms with Gasteiger partial charge in [0.2, 0.25) is 17.7 Å². The normalized spacial score (nSPS) is 28.5. The first-order valence-corrected chi connectivity index (χ1v) is 15.0. The molecule has 8 heteroatoms. The minimum atomic E-state index is -1.28.